The molecule has 0 amide bonds. The molecule has 0 radical (unpaired) electrons. The van der Waals surface area contributed by atoms with Crippen LogP contribution in [0.25, 0.3) is 21.8 Å². The molecule has 32 heavy (non-hydrogen) atoms. The van der Waals surface area contributed by atoms with E-state index in [-0.39, 0.29) is 5.56 Å². The second-order valence-electron chi connectivity index (χ2n) is 8.44. The summed E-state index contributed by atoms with van der Waals surface area (Å²) in [6.45, 7) is 6.34. The largest absolute Gasteiger partial charge is 0.329 e. The molecule has 5 rings (SSSR count). The van der Waals surface area contributed by atoms with Crippen LogP contribution in [0.5, 0.6) is 0 Å². The van der Waals surface area contributed by atoms with Crippen molar-refractivity contribution in [3.63, 3.8) is 0 Å². The molecule has 0 aliphatic carbocycles. The minimum atomic E-state index is -0.584. The van der Waals surface area contributed by atoms with Crippen molar-refractivity contribution >= 4 is 33.6 Å². The number of nitrogens with zero attached hydrogens (tertiary/aromatic N) is 1. The Morgan fingerprint density at radius 2 is 1.62 bits per heavy atom. The van der Waals surface area contributed by atoms with E-state index in [0.29, 0.717) is 0 Å². The Kier molecular flexibility index (Phi) is 4.98. The standard InChI is InChI=1S/C28H26N2OS/c1-18-14-15-24(32-4)26-25(18)21-12-8-9-13-23(21)30(26)28(3,20-10-6-5-7-11-20)22-16-17-29-27(31)19(22)2/h5-17H,1-4H3,(H,29,31). The molecule has 0 saturated heterocycles. The van der Waals surface area contributed by atoms with Gasteiger partial charge in [-0.1, -0.05) is 54.6 Å². The van der Waals surface area contributed by atoms with Crippen LogP contribution in [0, 0.1) is 13.8 Å². The molecule has 3 aromatic carbocycles. The SMILES string of the molecule is CSc1ccc(C)c2c3ccccc3n(C(C)(c3ccccc3)c3cc[nH]c(=O)c3C)c12. The fourth-order valence-electron chi connectivity index (χ4n) is 5.12. The molecule has 3 nitrogen and oxygen atoms in total. The van der Waals surface area contributed by atoms with Gasteiger partial charge in [0.15, 0.2) is 0 Å². The Labute approximate surface area is 192 Å². The van der Waals surface area contributed by atoms with E-state index < -0.39 is 5.54 Å². The Morgan fingerprint density at radius 3 is 2.38 bits per heavy atom. The fraction of sp³-hybridized carbons (Fsp3) is 0.179. The Balaban J connectivity index is 2.06. The highest BCUT2D eigenvalue weighted by Crippen LogP contribution is 2.45. The van der Waals surface area contributed by atoms with Gasteiger partial charge in [-0.05, 0) is 61.9 Å². The number of thioether (sulfide) groups is 1. The molecule has 1 N–H and O–H groups in total. The number of aromatic nitrogens is 2. The van der Waals surface area contributed by atoms with Gasteiger partial charge in [-0.3, -0.25) is 4.79 Å². The van der Waals surface area contributed by atoms with Crippen LogP contribution in [0.4, 0.5) is 0 Å². The van der Waals surface area contributed by atoms with Gasteiger partial charge >= 0.3 is 0 Å². The number of H-pyrrole nitrogens is 1. The molecule has 0 fully saturated rings. The number of benzene rings is 3. The van der Waals surface area contributed by atoms with E-state index in [9.17, 15) is 4.79 Å². The molecular formula is C28H26N2OS. The summed E-state index contributed by atoms with van der Waals surface area (Å²) in [5, 5.41) is 2.51. The van der Waals surface area contributed by atoms with E-state index in [1.807, 2.05) is 13.0 Å². The number of hydrogen-bond acceptors (Lipinski definition) is 2. The van der Waals surface area contributed by atoms with Crippen LogP contribution in [0.3, 0.4) is 0 Å². The maximum atomic E-state index is 12.7. The van der Waals surface area contributed by atoms with Crippen LogP contribution in [0.1, 0.15) is 29.2 Å². The molecule has 0 aliphatic heterocycles. The van der Waals surface area contributed by atoms with Crippen molar-refractivity contribution in [2.24, 2.45) is 0 Å². The number of fused-ring (bicyclic) bond motifs is 3. The molecule has 5 aromatic rings. The first-order chi connectivity index (χ1) is 15.5. The predicted octanol–water partition coefficient (Wildman–Crippen LogP) is 6.63. The summed E-state index contributed by atoms with van der Waals surface area (Å²) >= 11 is 1.76. The van der Waals surface area contributed by atoms with Gasteiger partial charge in [-0.25, -0.2) is 0 Å². The van der Waals surface area contributed by atoms with Gasteiger partial charge in [0.25, 0.3) is 5.56 Å². The summed E-state index contributed by atoms with van der Waals surface area (Å²) in [5.41, 5.74) is 5.89. The Morgan fingerprint density at radius 1 is 0.906 bits per heavy atom. The molecule has 160 valence electrons. The third-order valence-electron chi connectivity index (χ3n) is 6.72. The molecule has 0 bridgehead atoms. The van der Waals surface area contributed by atoms with E-state index in [4.69, 9.17) is 0 Å². The average molecular weight is 439 g/mol. The highest BCUT2D eigenvalue weighted by atomic mass is 32.2. The maximum Gasteiger partial charge on any atom is 0.251 e. The monoisotopic (exact) mass is 438 g/mol. The lowest BCUT2D eigenvalue weighted by molar-refractivity contribution is 0.501. The average Bonchev–Trinajstić information content (AvgIpc) is 3.18. The lowest BCUT2D eigenvalue weighted by Gasteiger charge is -2.36. The van der Waals surface area contributed by atoms with Gasteiger partial charge in [0.2, 0.25) is 0 Å². The highest BCUT2D eigenvalue weighted by molar-refractivity contribution is 7.98. The quantitative estimate of drug-likeness (QED) is 0.320. The molecule has 0 saturated carbocycles. The Bertz CT molecular complexity index is 1510. The van der Waals surface area contributed by atoms with Gasteiger partial charge in [0.1, 0.15) is 0 Å². The first-order valence-corrected chi connectivity index (χ1v) is 12.0. The number of rotatable bonds is 4. The smallest absolute Gasteiger partial charge is 0.251 e. The highest BCUT2D eigenvalue weighted by Gasteiger charge is 2.36. The topological polar surface area (TPSA) is 37.8 Å². The molecule has 4 heteroatoms. The number of aryl methyl sites for hydroxylation is 1. The number of hydrogen-bond donors (Lipinski definition) is 1. The van der Waals surface area contributed by atoms with E-state index in [1.54, 1.807) is 18.0 Å². The molecule has 2 aromatic heterocycles. The van der Waals surface area contributed by atoms with Crippen molar-refractivity contribution < 1.29 is 0 Å². The summed E-state index contributed by atoms with van der Waals surface area (Å²) in [7, 11) is 0. The summed E-state index contributed by atoms with van der Waals surface area (Å²) in [5.74, 6) is 0. The van der Waals surface area contributed by atoms with Crippen molar-refractivity contribution in [2.45, 2.75) is 31.2 Å². The van der Waals surface area contributed by atoms with Crippen LogP contribution >= 0.6 is 11.8 Å². The molecule has 1 atom stereocenters. The number of para-hydroxylation sites is 1. The zero-order valence-electron chi connectivity index (χ0n) is 18.8. The van der Waals surface area contributed by atoms with Crippen molar-refractivity contribution in [2.75, 3.05) is 6.26 Å². The minimum Gasteiger partial charge on any atom is -0.329 e. The third kappa shape index (κ3) is 2.86. The van der Waals surface area contributed by atoms with Crippen molar-refractivity contribution in [1.29, 1.82) is 0 Å². The number of pyridine rings is 1. The minimum absolute atomic E-state index is 0.0494. The lowest BCUT2D eigenvalue weighted by atomic mass is 9.82. The summed E-state index contributed by atoms with van der Waals surface area (Å²) in [6.07, 6.45) is 3.89. The number of nitrogens with one attached hydrogen (secondary N) is 1. The normalized spacial score (nSPS) is 13.5. The van der Waals surface area contributed by atoms with Crippen LogP contribution in [0.15, 0.2) is 88.7 Å². The molecule has 2 heterocycles. The fourth-order valence-corrected chi connectivity index (χ4v) is 5.71. The van der Waals surface area contributed by atoms with Crippen molar-refractivity contribution in [3.05, 3.63) is 112 Å². The van der Waals surface area contributed by atoms with Gasteiger partial charge < -0.3 is 9.55 Å². The van der Waals surface area contributed by atoms with Gasteiger partial charge in [-0.15, -0.1) is 11.8 Å². The van der Waals surface area contributed by atoms with Crippen molar-refractivity contribution in [3.8, 4) is 0 Å². The first-order valence-electron chi connectivity index (χ1n) is 10.8. The Hall–Kier alpha value is -3.24. The first kappa shape index (κ1) is 20.7. The van der Waals surface area contributed by atoms with Gasteiger partial charge in [0, 0.05) is 27.4 Å². The lowest BCUT2D eigenvalue weighted by Crippen LogP contribution is -2.35. The van der Waals surface area contributed by atoms with Gasteiger partial charge in [-0.2, -0.15) is 0 Å². The summed E-state index contributed by atoms with van der Waals surface area (Å²) in [4.78, 5) is 16.8. The van der Waals surface area contributed by atoms with Crippen LogP contribution in [-0.4, -0.2) is 15.8 Å². The van der Waals surface area contributed by atoms with Crippen molar-refractivity contribution in [1.82, 2.24) is 9.55 Å². The zero-order chi connectivity index (χ0) is 22.5. The molecular weight excluding hydrogens is 412 g/mol. The van der Waals surface area contributed by atoms with Crippen LogP contribution < -0.4 is 5.56 Å². The summed E-state index contributed by atoms with van der Waals surface area (Å²) in [6, 6.07) is 25.6. The second kappa shape index (κ2) is 7.72. The van der Waals surface area contributed by atoms with E-state index >= 15 is 0 Å². The molecule has 0 aliphatic rings. The third-order valence-corrected chi connectivity index (χ3v) is 7.49. The summed E-state index contributed by atoms with van der Waals surface area (Å²) < 4.78 is 2.45. The predicted molar refractivity (Wildman–Crippen MR) is 136 cm³/mol. The van der Waals surface area contributed by atoms with Crippen LogP contribution in [-0.2, 0) is 5.54 Å². The molecule has 1 unspecified atom stereocenters. The zero-order valence-corrected chi connectivity index (χ0v) is 19.6. The van der Waals surface area contributed by atoms with Crippen LogP contribution in [0.2, 0.25) is 0 Å². The maximum absolute atomic E-state index is 12.7. The second-order valence-corrected chi connectivity index (χ2v) is 9.29. The van der Waals surface area contributed by atoms with E-state index in [1.165, 1.54) is 26.7 Å². The van der Waals surface area contributed by atoms with E-state index in [2.05, 4.69) is 96.4 Å². The van der Waals surface area contributed by atoms with Gasteiger partial charge in [0.05, 0.1) is 16.6 Å². The van der Waals surface area contributed by atoms with E-state index in [0.717, 1.165) is 22.2 Å². The number of aromatic amines is 1. The molecule has 0 spiro atoms.